The van der Waals surface area contributed by atoms with E-state index in [1.54, 1.807) is 12.3 Å². The van der Waals surface area contributed by atoms with Gasteiger partial charge in [-0.3, -0.25) is 9.36 Å². The number of benzene rings is 1. The van der Waals surface area contributed by atoms with E-state index in [1.165, 1.54) is 4.68 Å². The van der Waals surface area contributed by atoms with Crippen LogP contribution in [0, 0.1) is 32.1 Å². The Balaban J connectivity index is 1.55. The maximum atomic E-state index is 12.8. The van der Waals surface area contributed by atoms with Gasteiger partial charge in [-0.15, -0.1) is 10.2 Å². The molecule has 0 aliphatic rings. The number of rotatable bonds is 6. The van der Waals surface area contributed by atoms with Gasteiger partial charge in [-0.1, -0.05) is 30.0 Å². The predicted molar refractivity (Wildman–Crippen MR) is 122 cm³/mol. The number of para-hydroxylation sites is 1. The number of carbonyl (C=O) groups excluding carboxylic acids is 1. The molecule has 0 saturated heterocycles. The lowest BCUT2D eigenvalue weighted by Gasteiger charge is -2.13. The van der Waals surface area contributed by atoms with Gasteiger partial charge in [0.2, 0.25) is 11.1 Å². The molecule has 9 nitrogen and oxygen atoms in total. The van der Waals surface area contributed by atoms with Gasteiger partial charge in [0.1, 0.15) is 17.6 Å². The molecule has 0 fully saturated rings. The van der Waals surface area contributed by atoms with Crippen LogP contribution in [0.4, 0.5) is 5.82 Å². The van der Waals surface area contributed by atoms with E-state index in [0.717, 1.165) is 34.3 Å². The third-order valence-electron chi connectivity index (χ3n) is 5.19. The Kier molecular flexibility index (Phi) is 5.75. The van der Waals surface area contributed by atoms with Gasteiger partial charge in [-0.25, -0.2) is 4.68 Å². The molecule has 0 atom stereocenters. The van der Waals surface area contributed by atoms with Gasteiger partial charge in [-0.05, 0) is 44.5 Å². The second-order valence-electron chi connectivity index (χ2n) is 7.12. The molecule has 4 rings (SSSR count). The van der Waals surface area contributed by atoms with Gasteiger partial charge in [-0.2, -0.15) is 5.26 Å². The summed E-state index contributed by atoms with van der Waals surface area (Å²) in [5.41, 5.74) is 3.74. The van der Waals surface area contributed by atoms with Gasteiger partial charge in [0, 0.05) is 11.4 Å². The Morgan fingerprint density at radius 2 is 1.97 bits per heavy atom. The summed E-state index contributed by atoms with van der Waals surface area (Å²) in [5, 5.41) is 21.2. The van der Waals surface area contributed by atoms with E-state index in [-0.39, 0.29) is 11.7 Å². The summed E-state index contributed by atoms with van der Waals surface area (Å²) in [7, 11) is 0. The number of nitrogens with two attached hydrogens (primary N) is 1. The first-order chi connectivity index (χ1) is 15.4. The summed E-state index contributed by atoms with van der Waals surface area (Å²) < 4.78 is 8.50. The number of anilines is 1. The molecule has 162 valence electrons. The molecule has 3 N–H and O–H groups in total. The standard InChI is InChI=1S/C22H21N7O2S/c1-13-14(2)28(16-7-5-4-6-8-16)20(18(13)11-23)25-19(30)12-32-22-27-26-21(29(22)24)17-9-10-31-15(17)3/h4-10H,12,24H2,1-3H3,(H,25,30). The van der Waals surface area contributed by atoms with Crippen molar-refractivity contribution in [2.24, 2.45) is 0 Å². The number of nitrogens with zero attached hydrogens (tertiary/aromatic N) is 5. The number of carbonyl (C=O) groups is 1. The predicted octanol–water partition coefficient (Wildman–Crippen LogP) is 3.57. The fourth-order valence-corrected chi connectivity index (χ4v) is 4.09. The van der Waals surface area contributed by atoms with E-state index in [2.05, 4.69) is 21.6 Å². The lowest BCUT2D eigenvalue weighted by atomic mass is 10.2. The molecule has 0 aliphatic heterocycles. The molecule has 0 aliphatic carbocycles. The van der Waals surface area contributed by atoms with E-state index in [9.17, 15) is 10.1 Å². The number of nitrogen functional groups attached to an aromatic ring is 1. The Bertz CT molecular complexity index is 1330. The normalized spacial score (nSPS) is 10.8. The number of furan rings is 1. The summed E-state index contributed by atoms with van der Waals surface area (Å²) in [4.78, 5) is 12.8. The number of aryl methyl sites for hydroxylation is 1. The number of amides is 1. The zero-order chi connectivity index (χ0) is 22.8. The first-order valence-electron chi connectivity index (χ1n) is 9.77. The number of hydrogen-bond acceptors (Lipinski definition) is 7. The largest absolute Gasteiger partial charge is 0.469 e. The second kappa shape index (κ2) is 8.64. The fraction of sp³-hybridized carbons (Fsp3) is 0.182. The molecule has 10 heteroatoms. The molecule has 0 radical (unpaired) electrons. The van der Waals surface area contributed by atoms with Crippen molar-refractivity contribution in [3.05, 3.63) is 65.2 Å². The first-order valence-corrected chi connectivity index (χ1v) is 10.8. The SMILES string of the molecule is Cc1occc1-c1nnc(SCC(=O)Nc2c(C#N)c(C)c(C)n2-c2ccccc2)n1N. The highest BCUT2D eigenvalue weighted by molar-refractivity contribution is 7.99. The Morgan fingerprint density at radius 1 is 1.22 bits per heavy atom. The summed E-state index contributed by atoms with van der Waals surface area (Å²) in [5.74, 6) is 7.46. The maximum absolute atomic E-state index is 12.8. The number of nitrogens with one attached hydrogen (secondary N) is 1. The van der Waals surface area contributed by atoms with Gasteiger partial charge in [0.05, 0.1) is 23.1 Å². The van der Waals surface area contributed by atoms with Crippen LogP contribution in [0.3, 0.4) is 0 Å². The van der Waals surface area contributed by atoms with Gasteiger partial charge in [0.25, 0.3) is 0 Å². The quantitative estimate of drug-likeness (QED) is 0.341. The number of aromatic nitrogens is 4. The highest BCUT2D eigenvalue weighted by Gasteiger charge is 2.22. The molecule has 32 heavy (non-hydrogen) atoms. The van der Waals surface area contributed by atoms with Crippen molar-refractivity contribution in [2.75, 3.05) is 16.9 Å². The third kappa shape index (κ3) is 3.74. The van der Waals surface area contributed by atoms with Crippen LogP contribution in [-0.2, 0) is 4.79 Å². The molecule has 0 unspecified atom stereocenters. The average molecular weight is 448 g/mol. The van der Waals surface area contributed by atoms with Gasteiger partial charge < -0.3 is 15.6 Å². The minimum absolute atomic E-state index is 0.0443. The summed E-state index contributed by atoms with van der Waals surface area (Å²) >= 11 is 1.15. The lowest BCUT2D eigenvalue weighted by molar-refractivity contribution is -0.113. The molecule has 3 heterocycles. The summed E-state index contributed by atoms with van der Waals surface area (Å²) in [6.45, 7) is 5.60. The van der Waals surface area contributed by atoms with Crippen LogP contribution in [0.2, 0.25) is 0 Å². The summed E-state index contributed by atoms with van der Waals surface area (Å²) in [6, 6.07) is 13.5. The highest BCUT2D eigenvalue weighted by Crippen LogP contribution is 2.30. The molecule has 0 saturated carbocycles. The van der Waals surface area contributed by atoms with Crippen molar-refractivity contribution < 1.29 is 9.21 Å². The number of thioether (sulfide) groups is 1. The van der Waals surface area contributed by atoms with E-state index in [4.69, 9.17) is 10.3 Å². The van der Waals surface area contributed by atoms with Crippen molar-refractivity contribution in [2.45, 2.75) is 25.9 Å². The lowest BCUT2D eigenvalue weighted by Crippen LogP contribution is -2.19. The zero-order valence-electron chi connectivity index (χ0n) is 17.8. The van der Waals surface area contributed by atoms with E-state index in [1.807, 2.05) is 55.7 Å². The fourth-order valence-electron chi connectivity index (χ4n) is 3.44. The molecular formula is C22H21N7O2S. The topological polar surface area (TPSA) is 128 Å². The molecule has 0 spiro atoms. The Morgan fingerprint density at radius 3 is 2.62 bits per heavy atom. The van der Waals surface area contributed by atoms with Crippen LogP contribution in [-0.4, -0.2) is 31.1 Å². The highest BCUT2D eigenvalue weighted by atomic mass is 32.2. The van der Waals surface area contributed by atoms with Crippen molar-refractivity contribution >= 4 is 23.5 Å². The molecule has 1 amide bonds. The van der Waals surface area contributed by atoms with Crippen molar-refractivity contribution in [3.8, 4) is 23.1 Å². The average Bonchev–Trinajstić information content (AvgIpc) is 3.43. The zero-order valence-corrected chi connectivity index (χ0v) is 18.6. The van der Waals surface area contributed by atoms with E-state index in [0.29, 0.717) is 28.1 Å². The van der Waals surface area contributed by atoms with E-state index < -0.39 is 0 Å². The molecular weight excluding hydrogens is 426 g/mol. The van der Waals surface area contributed by atoms with E-state index >= 15 is 0 Å². The van der Waals surface area contributed by atoms with Crippen molar-refractivity contribution in [1.29, 1.82) is 5.26 Å². The number of nitriles is 1. The smallest absolute Gasteiger partial charge is 0.236 e. The summed E-state index contributed by atoms with van der Waals surface area (Å²) in [6.07, 6.45) is 1.55. The van der Waals surface area contributed by atoms with Crippen LogP contribution < -0.4 is 11.2 Å². The van der Waals surface area contributed by atoms with Crippen LogP contribution >= 0.6 is 11.8 Å². The monoisotopic (exact) mass is 447 g/mol. The first kappa shape index (κ1) is 21.3. The Hall–Kier alpha value is -3.97. The van der Waals surface area contributed by atoms with Gasteiger partial charge in [0.15, 0.2) is 5.82 Å². The van der Waals surface area contributed by atoms with Crippen LogP contribution in [0.15, 0.2) is 52.2 Å². The molecule has 3 aromatic heterocycles. The number of hydrogen-bond donors (Lipinski definition) is 2. The minimum atomic E-state index is -0.287. The molecule has 1 aromatic carbocycles. The molecule has 0 bridgehead atoms. The minimum Gasteiger partial charge on any atom is -0.469 e. The van der Waals surface area contributed by atoms with Gasteiger partial charge >= 0.3 is 0 Å². The van der Waals surface area contributed by atoms with Crippen LogP contribution in [0.5, 0.6) is 0 Å². The third-order valence-corrected chi connectivity index (χ3v) is 6.14. The van der Waals surface area contributed by atoms with Crippen LogP contribution in [0.1, 0.15) is 22.6 Å². The van der Waals surface area contributed by atoms with Crippen LogP contribution in [0.25, 0.3) is 17.1 Å². The maximum Gasteiger partial charge on any atom is 0.236 e. The Labute approximate surface area is 188 Å². The second-order valence-corrected chi connectivity index (χ2v) is 8.06. The molecule has 4 aromatic rings. The van der Waals surface area contributed by atoms with Crippen molar-refractivity contribution in [1.82, 2.24) is 19.4 Å². The van der Waals surface area contributed by atoms with Crippen molar-refractivity contribution in [3.63, 3.8) is 0 Å².